The minimum Gasteiger partial charge on any atom is -0.228 e. The summed E-state index contributed by atoms with van der Waals surface area (Å²) in [6.45, 7) is 1.99. The van der Waals surface area contributed by atoms with E-state index in [4.69, 9.17) is 23.2 Å². The third-order valence-corrected chi connectivity index (χ3v) is 6.05. The third kappa shape index (κ3) is 5.38. The van der Waals surface area contributed by atoms with Crippen LogP contribution in [0.1, 0.15) is 16.8 Å². The van der Waals surface area contributed by atoms with Crippen LogP contribution in [0.3, 0.4) is 0 Å². The van der Waals surface area contributed by atoms with Gasteiger partial charge in [-0.1, -0.05) is 71.4 Å². The van der Waals surface area contributed by atoms with E-state index in [1.807, 2.05) is 61.5 Å². The molecule has 128 valence electrons. The monoisotopic (exact) mass is 406 g/mol. The van der Waals surface area contributed by atoms with E-state index in [9.17, 15) is 0 Å². The number of aryl methyl sites for hydroxylation is 1. The van der Waals surface area contributed by atoms with E-state index < -0.39 is 0 Å². The van der Waals surface area contributed by atoms with Gasteiger partial charge in [0.15, 0.2) is 5.16 Å². The summed E-state index contributed by atoms with van der Waals surface area (Å²) in [4.78, 5) is 9.17. The smallest absolute Gasteiger partial charge is 0.189 e. The molecule has 0 spiro atoms. The molecule has 0 unspecified atom stereocenters. The molecule has 0 radical (unpaired) electrons. The maximum Gasteiger partial charge on any atom is 0.189 e. The largest absolute Gasteiger partial charge is 0.228 e. The number of aromatic nitrogens is 2. The highest BCUT2D eigenvalue weighted by molar-refractivity contribution is 7.99. The molecule has 0 amide bonds. The topological polar surface area (TPSA) is 25.8 Å². The zero-order valence-corrected chi connectivity index (χ0v) is 16.7. The van der Waals surface area contributed by atoms with E-state index >= 15 is 0 Å². The van der Waals surface area contributed by atoms with Gasteiger partial charge < -0.3 is 0 Å². The molecule has 3 rings (SSSR count). The molecular weight excluding hydrogens is 391 g/mol. The van der Waals surface area contributed by atoms with Crippen LogP contribution < -0.4 is 0 Å². The Hall–Kier alpha value is -1.20. The molecule has 1 aromatic heterocycles. The van der Waals surface area contributed by atoms with Crippen molar-refractivity contribution >= 4 is 46.7 Å². The Balaban J connectivity index is 1.68. The van der Waals surface area contributed by atoms with Crippen LogP contribution in [0.2, 0.25) is 10.0 Å². The van der Waals surface area contributed by atoms with Crippen LogP contribution in [-0.2, 0) is 11.5 Å². The zero-order chi connectivity index (χ0) is 17.6. The summed E-state index contributed by atoms with van der Waals surface area (Å²) in [5.74, 6) is 1.53. The van der Waals surface area contributed by atoms with Gasteiger partial charge in [-0.3, -0.25) is 0 Å². The van der Waals surface area contributed by atoms with Crippen LogP contribution in [-0.4, -0.2) is 9.97 Å². The quantitative estimate of drug-likeness (QED) is 0.259. The van der Waals surface area contributed by atoms with E-state index in [1.165, 1.54) is 0 Å². The Morgan fingerprint density at radius 3 is 1.96 bits per heavy atom. The number of nitrogens with zero attached hydrogens (tertiary/aromatic N) is 2. The maximum absolute atomic E-state index is 6.22. The zero-order valence-electron chi connectivity index (χ0n) is 13.6. The summed E-state index contributed by atoms with van der Waals surface area (Å²) in [6, 6.07) is 17.7. The predicted molar refractivity (Wildman–Crippen MR) is 109 cm³/mol. The number of halogens is 2. The lowest BCUT2D eigenvalue weighted by Crippen LogP contribution is -1.94. The molecule has 0 aliphatic heterocycles. The van der Waals surface area contributed by atoms with Crippen LogP contribution >= 0.6 is 46.7 Å². The normalized spacial score (nSPS) is 10.8. The molecule has 0 bridgehead atoms. The lowest BCUT2D eigenvalue weighted by molar-refractivity contribution is 0.864. The average Bonchev–Trinajstić information content (AvgIpc) is 2.60. The molecule has 0 aliphatic rings. The van der Waals surface area contributed by atoms with Gasteiger partial charge in [-0.05, 0) is 36.2 Å². The van der Waals surface area contributed by atoms with Crippen LogP contribution in [0, 0.1) is 6.92 Å². The van der Waals surface area contributed by atoms with Gasteiger partial charge >= 0.3 is 0 Å². The number of rotatable bonds is 6. The highest BCUT2D eigenvalue weighted by atomic mass is 35.5. The van der Waals surface area contributed by atoms with Crippen LogP contribution in [0.25, 0.3) is 0 Å². The van der Waals surface area contributed by atoms with Gasteiger partial charge in [0.25, 0.3) is 0 Å². The molecule has 6 heteroatoms. The molecule has 2 aromatic carbocycles. The second-order valence-electron chi connectivity index (χ2n) is 5.39. The van der Waals surface area contributed by atoms with Crippen molar-refractivity contribution in [2.75, 3.05) is 0 Å². The van der Waals surface area contributed by atoms with Crippen molar-refractivity contribution in [1.82, 2.24) is 9.97 Å². The predicted octanol–water partition coefficient (Wildman–Crippen LogP) is 6.68. The summed E-state index contributed by atoms with van der Waals surface area (Å²) in [6.07, 6.45) is 0. The fourth-order valence-electron chi connectivity index (χ4n) is 2.18. The molecular formula is C19H16Cl2N2S2. The number of benzene rings is 2. The van der Waals surface area contributed by atoms with Gasteiger partial charge in [0.05, 0.1) is 0 Å². The van der Waals surface area contributed by atoms with Crippen molar-refractivity contribution in [3.8, 4) is 0 Å². The second kappa shape index (κ2) is 8.95. The fourth-order valence-corrected chi connectivity index (χ4v) is 4.67. The van der Waals surface area contributed by atoms with Crippen molar-refractivity contribution in [3.63, 3.8) is 0 Å². The summed E-state index contributed by atoms with van der Waals surface area (Å²) in [7, 11) is 0. The molecule has 3 aromatic rings. The Morgan fingerprint density at radius 2 is 1.36 bits per heavy atom. The Bertz CT molecular complexity index is 804. The molecule has 1 heterocycles. The van der Waals surface area contributed by atoms with Gasteiger partial charge in [-0.2, -0.15) is 0 Å². The molecule has 25 heavy (non-hydrogen) atoms. The number of hydrogen-bond acceptors (Lipinski definition) is 4. The van der Waals surface area contributed by atoms with Gasteiger partial charge in [0, 0.05) is 27.2 Å². The minimum absolute atomic E-state index is 0.748. The molecule has 0 fully saturated rings. The summed E-state index contributed by atoms with van der Waals surface area (Å²) < 4.78 is 0. The molecule has 2 nitrogen and oxygen atoms in total. The SMILES string of the molecule is Cc1cc(SCc2ccccc2Cl)nc(SCc2ccccc2Cl)n1. The molecule has 0 saturated carbocycles. The van der Waals surface area contributed by atoms with Gasteiger partial charge in [-0.15, -0.1) is 11.8 Å². The summed E-state index contributed by atoms with van der Waals surface area (Å²) in [5.41, 5.74) is 3.15. The first-order valence-electron chi connectivity index (χ1n) is 7.70. The van der Waals surface area contributed by atoms with E-state index in [1.54, 1.807) is 23.5 Å². The molecule has 0 aliphatic carbocycles. The fraction of sp³-hybridized carbons (Fsp3) is 0.158. The Labute approximate surface area is 166 Å². The van der Waals surface area contributed by atoms with E-state index in [0.29, 0.717) is 0 Å². The molecule has 0 atom stereocenters. The van der Waals surface area contributed by atoms with Crippen molar-refractivity contribution in [2.45, 2.75) is 28.6 Å². The van der Waals surface area contributed by atoms with Gasteiger partial charge in [0.1, 0.15) is 5.03 Å². The number of thioether (sulfide) groups is 2. The van der Waals surface area contributed by atoms with Crippen LogP contribution in [0.15, 0.2) is 64.8 Å². The lowest BCUT2D eigenvalue weighted by atomic mass is 10.2. The summed E-state index contributed by atoms with van der Waals surface area (Å²) in [5, 5.41) is 3.28. The third-order valence-electron chi connectivity index (χ3n) is 3.46. The first-order chi connectivity index (χ1) is 12.1. The lowest BCUT2D eigenvalue weighted by Gasteiger charge is -2.07. The summed E-state index contributed by atoms with van der Waals surface area (Å²) >= 11 is 15.7. The Morgan fingerprint density at radius 1 is 0.800 bits per heavy atom. The molecule has 0 saturated heterocycles. The van der Waals surface area contributed by atoms with E-state index in [-0.39, 0.29) is 0 Å². The Kier molecular flexibility index (Phi) is 6.65. The van der Waals surface area contributed by atoms with Gasteiger partial charge in [0.2, 0.25) is 0 Å². The van der Waals surface area contributed by atoms with E-state index in [0.717, 1.165) is 48.6 Å². The first kappa shape index (κ1) is 18.6. The second-order valence-corrected chi connectivity index (χ2v) is 8.14. The van der Waals surface area contributed by atoms with Crippen molar-refractivity contribution in [1.29, 1.82) is 0 Å². The highest BCUT2D eigenvalue weighted by Crippen LogP contribution is 2.29. The van der Waals surface area contributed by atoms with Crippen molar-refractivity contribution < 1.29 is 0 Å². The van der Waals surface area contributed by atoms with Gasteiger partial charge in [-0.25, -0.2) is 9.97 Å². The van der Waals surface area contributed by atoms with Crippen molar-refractivity contribution in [3.05, 3.63) is 81.5 Å². The maximum atomic E-state index is 6.22. The van der Waals surface area contributed by atoms with Crippen LogP contribution in [0.5, 0.6) is 0 Å². The van der Waals surface area contributed by atoms with E-state index in [2.05, 4.69) is 9.97 Å². The van der Waals surface area contributed by atoms with Crippen molar-refractivity contribution in [2.24, 2.45) is 0 Å². The highest BCUT2D eigenvalue weighted by Gasteiger charge is 2.07. The number of hydrogen-bond donors (Lipinski definition) is 0. The minimum atomic E-state index is 0.748. The van der Waals surface area contributed by atoms with Crippen LogP contribution in [0.4, 0.5) is 0 Å². The standard InChI is InChI=1S/C19H16Cl2N2S2/c1-13-10-18(24-11-14-6-2-4-8-16(14)20)23-19(22-13)25-12-15-7-3-5-9-17(15)21/h2-10H,11-12H2,1H3. The molecule has 0 N–H and O–H groups in total. The average molecular weight is 407 g/mol. The first-order valence-corrected chi connectivity index (χ1v) is 10.4.